The molecule has 8 nitrogen and oxygen atoms in total. The molecule has 0 radical (unpaired) electrons. The summed E-state index contributed by atoms with van der Waals surface area (Å²) in [7, 11) is 0. The zero-order chi connectivity index (χ0) is 30.6. The summed E-state index contributed by atoms with van der Waals surface area (Å²) in [6.45, 7) is 2.68. The van der Waals surface area contributed by atoms with Gasteiger partial charge in [0.25, 0.3) is 5.91 Å². The smallest absolute Gasteiger partial charge is 0.347 e. The maximum atomic E-state index is 12.7. The first kappa shape index (κ1) is 30.0. The molecule has 0 aliphatic rings. The number of aromatic nitrogens is 2. The molecule has 0 saturated carbocycles. The van der Waals surface area contributed by atoms with Crippen molar-refractivity contribution in [3.8, 4) is 34.0 Å². The predicted molar refractivity (Wildman–Crippen MR) is 168 cm³/mol. The average molecular weight is 588 g/mol. The lowest BCUT2D eigenvalue weighted by Gasteiger charge is -2.18. The first-order chi connectivity index (χ1) is 21.6. The Hall–Kier alpha value is -5.50. The third-order valence-corrected chi connectivity index (χ3v) is 6.75. The number of amides is 1. The number of carbonyl (C=O) groups is 2. The number of esters is 1. The molecule has 0 spiro atoms. The molecular weight excluding hydrogens is 554 g/mol. The number of rotatable bonds is 13. The molecule has 0 bridgehead atoms. The highest BCUT2D eigenvalue weighted by Crippen LogP contribution is 2.23. The van der Waals surface area contributed by atoms with Gasteiger partial charge in [-0.15, -0.1) is 0 Å². The Kier molecular flexibility index (Phi) is 10.3. The molecule has 222 valence electrons. The van der Waals surface area contributed by atoms with Crippen LogP contribution in [-0.2, 0) is 16.0 Å². The summed E-state index contributed by atoms with van der Waals surface area (Å²) in [6.07, 6.45) is 3.01. The Morgan fingerprint density at radius 2 is 1.32 bits per heavy atom. The molecule has 5 aromatic rings. The van der Waals surface area contributed by atoms with Gasteiger partial charge in [-0.3, -0.25) is 14.8 Å². The summed E-state index contributed by atoms with van der Waals surface area (Å²) >= 11 is 0. The summed E-state index contributed by atoms with van der Waals surface area (Å²) in [5.41, 5.74) is 5.08. The Morgan fingerprint density at radius 1 is 0.727 bits per heavy atom. The van der Waals surface area contributed by atoms with Gasteiger partial charge in [0.15, 0.2) is 6.10 Å². The van der Waals surface area contributed by atoms with E-state index in [2.05, 4.69) is 15.3 Å². The summed E-state index contributed by atoms with van der Waals surface area (Å²) in [5, 5.41) is 2.88. The molecule has 0 aliphatic heterocycles. The van der Waals surface area contributed by atoms with E-state index in [0.29, 0.717) is 36.6 Å². The zero-order valence-electron chi connectivity index (χ0n) is 24.4. The van der Waals surface area contributed by atoms with Crippen LogP contribution in [0.25, 0.3) is 22.5 Å². The maximum absolute atomic E-state index is 12.7. The first-order valence-electron chi connectivity index (χ1n) is 14.4. The Labute approximate surface area is 256 Å². The second-order valence-electron chi connectivity index (χ2n) is 9.84. The molecule has 0 fully saturated rings. The van der Waals surface area contributed by atoms with E-state index in [1.165, 1.54) is 0 Å². The van der Waals surface area contributed by atoms with Crippen LogP contribution in [0, 0.1) is 0 Å². The van der Waals surface area contributed by atoms with E-state index in [1.807, 2.05) is 97.1 Å². The van der Waals surface area contributed by atoms with Gasteiger partial charge in [0.1, 0.15) is 18.1 Å². The topological polar surface area (TPSA) is 99.6 Å². The summed E-state index contributed by atoms with van der Waals surface area (Å²) < 4.78 is 17.1. The second-order valence-corrected chi connectivity index (χ2v) is 9.84. The van der Waals surface area contributed by atoms with E-state index in [9.17, 15) is 9.59 Å². The van der Waals surface area contributed by atoms with Crippen LogP contribution >= 0.6 is 0 Å². The van der Waals surface area contributed by atoms with Crippen molar-refractivity contribution in [2.75, 3.05) is 19.8 Å². The van der Waals surface area contributed by atoms with Crippen molar-refractivity contribution in [3.05, 3.63) is 133 Å². The van der Waals surface area contributed by atoms with E-state index in [-0.39, 0.29) is 12.5 Å². The van der Waals surface area contributed by atoms with Crippen LogP contribution in [0.2, 0.25) is 0 Å². The van der Waals surface area contributed by atoms with Crippen LogP contribution in [0.1, 0.15) is 22.8 Å². The van der Waals surface area contributed by atoms with Crippen LogP contribution in [0.15, 0.2) is 122 Å². The molecular formula is C36H33N3O5. The number of nitrogens with zero attached hydrogens (tertiary/aromatic N) is 2. The third-order valence-electron chi connectivity index (χ3n) is 6.75. The van der Waals surface area contributed by atoms with Crippen molar-refractivity contribution in [1.82, 2.24) is 15.3 Å². The highest BCUT2D eigenvalue weighted by atomic mass is 16.6. The summed E-state index contributed by atoms with van der Waals surface area (Å²) in [6, 6.07) is 33.7. The number of benzene rings is 3. The largest absolute Gasteiger partial charge is 0.492 e. The highest BCUT2D eigenvalue weighted by Gasteiger charge is 2.23. The van der Waals surface area contributed by atoms with Gasteiger partial charge in [0.05, 0.1) is 24.5 Å². The van der Waals surface area contributed by atoms with Gasteiger partial charge in [0, 0.05) is 35.5 Å². The number of pyridine rings is 2. The summed E-state index contributed by atoms with van der Waals surface area (Å²) in [4.78, 5) is 33.9. The van der Waals surface area contributed by atoms with Crippen LogP contribution in [0.4, 0.5) is 0 Å². The molecule has 2 aromatic heterocycles. The molecule has 1 amide bonds. The van der Waals surface area contributed by atoms with Gasteiger partial charge in [-0.2, -0.15) is 0 Å². The molecule has 5 rings (SSSR count). The van der Waals surface area contributed by atoms with Crippen LogP contribution in [0.3, 0.4) is 0 Å². The number of ether oxygens (including phenoxy) is 3. The summed E-state index contributed by atoms with van der Waals surface area (Å²) in [5.74, 6) is 0.618. The van der Waals surface area contributed by atoms with Crippen molar-refractivity contribution in [1.29, 1.82) is 0 Å². The number of carbonyl (C=O) groups excluding carboxylic acids is 2. The minimum atomic E-state index is -0.810. The van der Waals surface area contributed by atoms with Gasteiger partial charge in [-0.05, 0) is 85.3 Å². The fourth-order valence-corrected chi connectivity index (χ4v) is 4.51. The third kappa shape index (κ3) is 8.29. The maximum Gasteiger partial charge on any atom is 0.347 e. The molecule has 8 heteroatoms. The molecule has 0 aliphatic carbocycles. The fourth-order valence-electron chi connectivity index (χ4n) is 4.51. The highest BCUT2D eigenvalue weighted by molar-refractivity contribution is 5.94. The zero-order valence-corrected chi connectivity index (χ0v) is 24.4. The van der Waals surface area contributed by atoms with E-state index in [0.717, 1.165) is 28.1 Å². The molecule has 0 saturated heterocycles. The number of hydrogen-bond acceptors (Lipinski definition) is 7. The van der Waals surface area contributed by atoms with Crippen molar-refractivity contribution >= 4 is 11.9 Å². The van der Waals surface area contributed by atoms with Gasteiger partial charge < -0.3 is 19.5 Å². The molecule has 3 aromatic carbocycles. The van der Waals surface area contributed by atoms with Crippen LogP contribution in [0.5, 0.6) is 11.5 Å². The fraction of sp³-hybridized carbons (Fsp3) is 0.167. The first-order valence-corrected chi connectivity index (χ1v) is 14.4. The second kappa shape index (κ2) is 15.1. The number of hydrogen-bond donors (Lipinski definition) is 1. The monoisotopic (exact) mass is 587 g/mol. The minimum absolute atomic E-state index is 0.173. The molecule has 1 N–H and O–H groups in total. The lowest BCUT2D eigenvalue weighted by atomic mass is 10.1. The van der Waals surface area contributed by atoms with Crippen molar-refractivity contribution < 1.29 is 23.8 Å². The van der Waals surface area contributed by atoms with Gasteiger partial charge in [-0.25, -0.2) is 4.79 Å². The van der Waals surface area contributed by atoms with E-state index >= 15 is 0 Å². The van der Waals surface area contributed by atoms with Gasteiger partial charge in [-0.1, -0.05) is 36.4 Å². The quantitative estimate of drug-likeness (QED) is 0.130. The van der Waals surface area contributed by atoms with Crippen LogP contribution < -0.4 is 14.8 Å². The molecule has 1 atom stereocenters. The molecule has 1 unspecified atom stereocenters. The standard InChI is InChI=1S/C36H33N3O5/c1-2-42-36(41)34(44-31-19-15-28(16-20-31)33-8-4-6-22-38-33)25-26-9-17-30(18-10-26)43-24-23-39-35(40)29-13-11-27(12-14-29)32-7-3-5-21-37-32/h3-22,34H,2,23-25H2,1H3,(H,39,40). The molecule has 44 heavy (non-hydrogen) atoms. The Balaban J connectivity index is 1.10. The van der Waals surface area contributed by atoms with Crippen molar-refractivity contribution in [2.24, 2.45) is 0 Å². The minimum Gasteiger partial charge on any atom is -0.492 e. The Morgan fingerprint density at radius 3 is 1.89 bits per heavy atom. The SMILES string of the molecule is CCOC(=O)C(Cc1ccc(OCCNC(=O)c2ccc(-c3ccccn3)cc2)cc1)Oc1ccc(-c2ccccn2)cc1. The lowest BCUT2D eigenvalue weighted by Crippen LogP contribution is -2.31. The lowest BCUT2D eigenvalue weighted by molar-refractivity contribution is -0.151. The Bertz CT molecular complexity index is 1630. The molecule has 2 heterocycles. The van der Waals surface area contributed by atoms with Gasteiger partial charge in [0.2, 0.25) is 0 Å². The van der Waals surface area contributed by atoms with E-state index in [4.69, 9.17) is 14.2 Å². The number of nitrogens with one attached hydrogen (secondary N) is 1. The van der Waals surface area contributed by atoms with Gasteiger partial charge >= 0.3 is 5.97 Å². The van der Waals surface area contributed by atoms with E-state index < -0.39 is 12.1 Å². The predicted octanol–water partition coefficient (Wildman–Crippen LogP) is 6.17. The van der Waals surface area contributed by atoms with Crippen LogP contribution in [-0.4, -0.2) is 47.7 Å². The van der Waals surface area contributed by atoms with Crippen molar-refractivity contribution in [3.63, 3.8) is 0 Å². The normalized spacial score (nSPS) is 11.3. The average Bonchev–Trinajstić information content (AvgIpc) is 3.08. The van der Waals surface area contributed by atoms with E-state index in [1.54, 1.807) is 31.5 Å². The van der Waals surface area contributed by atoms with Crippen molar-refractivity contribution in [2.45, 2.75) is 19.4 Å².